The topological polar surface area (TPSA) is 52.6 Å². The molecule has 0 fully saturated rings. The van der Waals surface area contributed by atoms with Gasteiger partial charge in [0.1, 0.15) is 12.2 Å². The van der Waals surface area contributed by atoms with Gasteiger partial charge < -0.3 is 9.47 Å². The second-order valence-corrected chi connectivity index (χ2v) is 5.17. The van der Waals surface area contributed by atoms with Crippen molar-refractivity contribution in [3.8, 4) is 0 Å². The Hall–Kier alpha value is -1.16. The van der Waals surface area contributed by atoms with Gasteiger partial charge in [-0.15, -0.1) is 0 Å². The summed E-state index contributed by atoms with van der Waals surface area (Å²) in [5, 5.41) is 0. The summed E-state index contributed by atoms with van der Waals surface area (Å²) in [7, 11) is 1.55. The molecule has 0 aromatic carbocycles. The highest BCUT2D eigenvalue weighted by Gasteiger charge is 2.41. The first-order chi connectivity index (χ1) is 7.77. The maximum Gasteiger partial charge on any atom is 0.303 e. The predicted octanol–water partition coefficient (Wildman–Crippen LogP) is 1.88. The van der Waals surface area contributed by atoms with Gasteiger partial charge in [0.05, 0.1) is 0 Å². The number of methoxy groups -OCH3 is 1. The number of Topliss-reactive ketones (excluding diaryl/α,β-unsaturated/α-hetero) is 1. The Labute approximate surface area is 102 Å². The summed E-state index contributed by atoms with van der Waals surface area (Å²) in [6.07, 6.45) is 1.28. The number of ketones is 1. The predicted molar refractivity (Wildman–Crippen MR) is 63.5 cm³/mol. The molecule has 4 heteroatoms. The number of carbonyl (C=O) groups excluding carboxylic acids is 2. The number of hydrogen-bond donors (Lipinski definition) is 0. The quantitative estimate of drug-likeness (QED) is 0.691. The lowest BCUT2D eigenvalue weighted by Gasteiger charge is -2.34. The number of esters is 1. The number of allylic oxidation sites excluding steroid dienone is 1. The number of carbonyl (C=O) groups is 2. The van der Waals surface area contributed by atoms with Gasteiger partial charge >= 0.3 is 5.97 Å². The number of hydrogen-bond acceptors (Lipinski definition) is 4. The largest absolute Gasteiger partial charge is 0.459 e. The SMILES string of the molecule is COC1C=C(C)C(=O)CC(C)(C)C1OC(C)=O. The Morgan fingerprint density at radius 1 is 1.47 bits per heavy atom. The standard InChI is InChI=1S/C13H20O4/c1-8-6-11(16-5)12(17-9(2)14)13(3,4)7-10(8)15/h6,11-12H,7H2,1-5H3. The Balaban J connectivity index is 3.10. The van der Waals surface area contributed by atoms with Crippen LogP contribution in [0.25, 0.3) is 0 Å². The monoisotopic (exact) mass is 240 g/mol. The molecule has 2 unspecified atom stereocenters. The molecule has 1 aliphatic rings. The van der Waals surface area contributed by atoms with Gasteiger partial charge in [0.25, 0.3) is 0 Å². The van der Waals surface area contributed by atoms with Gasteiger partial charge in [-0.1, -0.05) is 13.8 Å². The van der Waals surface area contributed by atoms with Crippen molar-refractivity contribution in [2.24, 2.45) is 5.41 Å². The average molecular weight is 240 g/mol. The van der Waals surface area contributed by atoms with E-state index in [9.17, 15) is 9.59 Å². The molecule has 0 aliphatic heterocycles. The summed E-state index contributed by atoms with van der Waals surface area (Å²) >= 11 is 0. The molecule has 96 valence electrons. The van der Waals surface area contributed by atoms with E-state index in [1.807, 2.05) is 13.8 Å². The third kappa shape index (κ3) is 3.16. The minimum absolute atomic E-state index is 0.0757. The molecule has 0 saturated heterocycles. The zero-order valence-corrected chi connectivity index (χ0v) is 11.1. The molecule has 4 nitrogen and oxygen atoms in total. The molecule has 0 N–H and O–H groups in total. The zero-order chi connectivity index (χ0) is 13.2. The van der Waals surface area contributed by atoms with E-state index in [0.29, 0.717) is 12.0 Å². The van der Waals surface area contributed by atoms with Crippen molar-refractivity contribution in [3.05, 3.63) is 11.6 Å². The zero-order valence-electron chi connectivity index (χ0n) is 11.1. The van der Waals surface area contributed by atoms with E-state index in [4.69, 9.17) is 9.47 Å². The van der Waals surface area contributed by atoms with E-state index < -0.39 is 11.5 Å². The van der Waals surface area contributed by atoms with Crippen LogP contribution >= 0.6 is 0 Å². The van der Waals surface area contributed by atoms with Gasteiger partial charge in [0.15, 0.2) is 5.78 Å². The highest BCUT2D eigenvalue weighted by atomic mass is 16.6. The molecular weight excluding hydrogens is 220 g/mol. The third-order valence-corrected chi connectivity index (χ3v) is 3.10. The van der Waals surface area contributed by atoms with Crippen LogP contribution in [0.5, 0.6) is 0 Å². The van der Waals surface area contributed by atoms with Crippen molar-refractivity contribution in [2.75, 3.05) is 7.11 Å². The van der Waals surface area contributed by atoms with Crippen LogP contribution in [0.3, 0.4) is 0 Å². The lowest BCUT2D eigenvalue weighted by Crippen LogP contribution is -2.42. The van der Waals surface area contributed by atoms with E-state index in [2.05, 4.69) is 0 Å². The first-order valence-electron chi connectivity index (χ1n) is 5.69. The Morgan fingerprint density at radius 3 is 2.53 bits per heavy atom. The summed E-state index contributed by atoms with van der Waals surface area (Å²) in [4.78, 5) is 23.0. The van der Waals surface area contributed by atoms with Crippen LogP contribution < -0.4 is 0 Å². The van der Waals surface area contributed by atoms with Crippen LogP contribution in [-0.4, -0.2) is 31.1 Å². The molecule has 0 heterocycles. The van der Waals surface area contributed by atoms with E-state index in [1.165, 1.54) is 6.92 Å². The van der Waals surface area contributed by atoms with E-state index >= 15 is 0 Å². The van der Waals surface area contributed by atoms with Gasteiger partial charge in [-0.3, -0.25) is 9.59 Å². The van der Waals surface area contributed by atoms with Gasteiger partial charge in [-0.25, -0.2) is 0 Å². The fourth-order valence-electron chi connectivity index (χ4n) is 2.12. The van der Waals surface area contributed by atoms with Crippen LogP contribution in [0.2, 0.25) is 0 Å². The second-order valence-electron chi connectivity index (χ2n) is 5.17. The van der Waals surface area contributed by atoms with E-state index in [0.717, 1.165) is 0 Å². The van der Waals surface area contributed by atoms with Crippen LogP contribution in [0.4, 0.5) is 0 Å². The second kappa shape index (κ2) is 5.00. The summed E-state index contributed by atoms with van der Waals surface area (Å²) in [6.45, 7) is 6.96. The molecule has 0 aromatic heterocycles. The first kappa shape index (κ1) is 13.9. The molecule has 1 rings (SSSR count). The lowest BCUT2D eigenvalue weighted by molar-refractivity contribution is -0.162. The van der Waals surface area contributed by atoms with E-state index in [1.54, 1.807) is 20.1 Å². The number of ether oxygens (including phenoxy) is 2. The van der Waals surface area contributed by atoms with Crippen molar-refractivity contribution in [2.45, 2.75) is 46.3 Å². The fourth-order valence-corrected chi connectivity index (χ4v) is 2.12. The van der Waals surface area contributed by atoms with Crippen molar-refractivity contribution in [3.63, 3.8) is 0 Å². The Kier molecular flexibility index (Phi) is 4.09. The first-order valence-corrected chi connectivity index (χ1v) is 5.69. The molecule has 0 saturated carbocycles. The normalized spacial score (nSPS) is 28.3. The maximum atomic E-state index is 11.9. The van der Waals surface area contributed by atoms with Gasteiger partial charge in [-0.05, 0) is 18.6 Å². The molecule has 0 aromatic rings. The van der Waals surface area contributed by atoms with Crippen molar-refractivity contribution < 1.29 is 19.1 Å². The molecule has 2 atom stereocenters. The minimum atomic E-state index is -0.439. The smallest absolute Gasteiger partial charge is 0.303 e. The Morgan fingerprint density at radius 2 is 2.06 bits per heavy atom. The summed E-state index contributed by atoms with van der Waals surface area (Å²) in [5.74, 6) is -0.280. The van der Waals surface area contributed by atoms with Crippen molar-refractivity contribution >= 4 is 11.8 Å². The highest BCUT2D eigenvalue weighted by molar-refractivity contribution is 5.95. The fraction of sp³-hybridized carbons (Fsp3) is 0.692. The van der Waals surface area contributed by atoms with Crippen molar-refractivity contribution in [1.82, 2.24) is 0 Å². The molecule has 17 heavy (non-hydrogen) atoms. The third-order valence-electron chi connectivity index (χ3n) is 3.10. The van der Waals surface area contributed by atoms with Crippen LogP contribution in [0, 0.1) is 5.41 Å². The summed E-state index contributed by atoms with van der Waals surface area (Å²) in [6, 6.07) is 0. The molecule has 0 amide bonds. The van der Waals surface area contributed by atoms with Crippen LogP contribution in [0.1, 0.15) is 34.1 Å². The molecular formula is C13H20O4. The lowest BCUT2D eigenvalue weighted by atomic mass is 9.80. The van der Waals surface area contributed by atoms with Crippen LogP contribution in [0.15, 0.2) is 11.6 Å². The van der Waals surface area contributed by atoms with Crippen molar-refractivity contribution in [1.29, 1.82) is 0 Å². The van der Waals surface area contributed by atoms with Gasteiger partial charge in [0, 0.05) is 25.9 Å². The summed E-state index contributed by atoms with van der Waals surface area (Å²) < 4.78 is 10.7. The average Bonchev–Trinajstić information content (AvgIpc) is 2.27. The van der Waals surface area contributed by atoms with Crippen LogP contribution in [-0.2, 0) is 19.1 Å². The minimum Gasteiger partial charge on any atom is -0.459 e. The number of rotatable bonds is 2. The molecule has 0 bridgehead atoms. The molecule has 1 aliphatic carbocycles. The summed E-state index contributed by atoms with van der Waals surface area (Å²) in [5.41, 5.74) is 0.233. The Bertz CT molecular complexity index is 354. The molecule has 0 radical (unpaired) electrons. The maximum absolute atomic E-state index is 11.9. The van der Waals surface area contributed by atoms with E-state index in [-0.39, 0.29) is 17.9 Å². The van der Waals surface area contributed by atoms with Gasteiger partial charge in [0.2, 0.25) is 0 Å². The highest BCUT2D eigenvalue weighted by Crippen LogP contribution is 2.35. The van der Waals surface area contributed by atoms with Gasteiger partial charge in [-0.2, -0.15) is 0 Å². The molecule has 0 spiro atoms.